The molecule has 1 aromatic heterocycles. The van der Waals surface area contributed by atoms with Crippen molar-refractivity contribution in [2.24, 2.45) is 0 Å². The average molecular weight is 586 g/mol. The van der Waals surface area contributed by atoms with E-state index in [1.807, 2.05) is 33.0 Å². The van der Waals surface area contributed by atoms with Gasteiger partial charge < -0.3 is 15.1 Å². The standard InChI is InChI=1S/C30H31ClF3N5O2/c1-17-15-26(36-18(2)35-17)39-13-11-21(12-14-39)38(3)29(41)20-8-7-19-9-10-25(23(19)16-20)37-28(40)22-5-4-6-24(27(22)31)30(32,33)34/h4-8,15-16,21,25H,9-14H2,1-3H3,(H,37,40)/t25-/m1/s1. The predicted octanol–water partition coefficient (Wildman–Crippen LogP) is 5.92. The molecule has 0 saturated carbocycles. The molecule has 0 spiro atoms. The van der Waals surface area contributed by atoms with Gasteiger partial charge in [0.25, 0.3) is 11.8 Å². The first-order valence-electron chi connectivity index (χ1n) is 13.6. The van der Waals surface area contributed by atoms with E-state index in [2.05, 4.69) is 20.2 Å². The summed E-state index contributed by atoms with van der Waals surface area (Å²) < 4.78 is 39.8. The van der Waals surface area contributed by atoms with Crippen LogP contribution in [0.3, 0.4) is 0 Å². The quantitative estimate of drug-likeness (QED) is 0.402. The van der Waals surface area contributed by atoms with Crippen molar-refractivity contribution in [1.29, 1.82) is 0 Å². The first kappa shape index (κ1) is 28.9. The van der Waals surface area contributed by atoms with Crippen LogP contribution >= 0.6 is 11.6 Å². The molecular formula is C30H31ClF3N5O2. The van der Waals surface area contributed by atoms with E-state index in [1.54, 1.807) is 17.0 Å². The summed E-state index contributed by atoms with van der Waals surface area (Å²) in [5.74, 6) is 0.838. The van der Waals surface area contributed by atoms with E-state index in [0.717, 1.165) is 60.5 Å². The molecule has 2 aliphatic rings. The van der Waals surface area contributed by atoms with Crippen LogP contribution in [0.5, 0.6) is 0 Å². The highest BCUT2D eigenvalue weighted by atomic mass is 35.5. The molecule has 1 aliphatic heterocycles. The van der Waals surface area contributed by atoms with Crippen molar-refractivity contribution < 1.29 is 22.8 Å². The van der Waals surface area contributed by atoms with Gasteiger partial charge in [-0.2, -0.15) is 13.2 Å². The molecule has 41 heavy (non-hydrogen) atoms. The van der Waals surface area contributed by atoms with Crippen molar-refractivity contribution in [3.63, 3.8) is 0 Å². The van der Waals surface area contributed by atoms with Gasteiger partial charge in [-0.25, -0.2) is 9.97 Å². The van der Waals surface area contributed by atoms with E-state index in [9.17, 15) is 22.8 Å². The summed E-state index contributed by atoms with van der Waals surface area (Å²) in [5.41, 5.74) is 1.93. The van der Waals surface area contributed by atoms with E-state index in [1.165, 1.54) is 12.1 Å². The van der Waals surface area contributed by atoms with Crippen LogP contribution in [-0.2, 0) is 12.6 Å². The van der Waals surface area contributed by atoms with Gasteiger partial charge >= 0.3 is 6.18 Å². The zero-order valence-electron chi connectivity index (χ0n) is 23.1. The molecule has 1 fully saturated rings. The number of rotatable bonds is 5. The van der Waals surface area contributed by atoms with Crippen LogP contribution in [0.15, 0.2) is 42.5 Å². The van der Waals surface area contributed by atoms with Gasteiger partial charge in [0.2, 0.25) is 0 Å². The minimum absolute atomic E-state index is 0.0644. The summed E-state index contributed by atoms with van der Waals surface area (Å²) in [7, 11) is 1.81. The second-order valence-electron chi connectivity index (χ2n) is 10.7. The van der Waals surface area contributed by atoms with Crippen LogP contribution in [0.2, 0.25) is 5.02 Å². The molecule has 3 aromatic rings. The average Bonchev–Trinajstić information content (AvgIpc) is 3.33. The lowest BCUT2D eigenvalue weighted by Gasteiger charge is -2.37. The highest BCUT2D eigenvalue weighted by Gasteiger charge is 2.35. The molecule has 1 saturated heterocycles. The maximum atomic E-state index is 13.5. The number of halogens is 4. The number of fused-ring (bicyclic) bond motifs is 1. The number of hydrogen-bond acceptors (Lipinski definition) is 5. The SMILES string of the molecule is Cc1cc(N2CCC(N(C)C(=O)c3ccc4c(c3)[C@H](NC(=O)c3cccc(C(F)(F)F)c3Cl)CC4)CC2)nc(C)n1. The van der Waals surface area contributed by atoms with Gasteiger partial charge in [-0.15, -0.1) is 0 Å². The molecule has 1 atom stereocenters. The van der Waals surface area contributed by atoms with Gasteiger partial charge in [-0.3, -0.25) is 9.59 Å². The topological polar surface area (TPSA) is 78.4 Å². The molecule has 1 aliphatic carbocycles. The molecule has 0 bridgehead atoms. The third kappa shape index (κ3) is 6.02. The highest BCUT2D eigenvalue weighted by molar-refractivity contribution is 6.34. The number of nitrogens with one attached hydrogen (secondary N) is 1. The lowest BCUT2D eigenvalue weighted by molar-refractivity contribution is -0.137. The van der Waals surface area contributed by atoms with Crippen LogP contribution in [0.1, 0.15) is 74.2 Å². The molecule has 2 amide bonds. The van der Waals surface area contributed by atoms with Crippen molar-refractivity contribution in [2.75, 3.05) is 25.0 Å². The summed E-state index contributed by atoms with van der Waals surface area (Å²) in [6, 6.07) is 10.4. The van der Waals surface area contributed by atoms with E-state index in [0.29, 0.717) is 18.4 Å². The Morgan fingerprint density at radius 1 is 1.05 bits per heavy atom. The minimum Gasteiger partial charge on any atom is -0.356 e. The number of nitrogens with zero attached hydrogens (tertiary/aromatic N) is 4. The van der Waals surface area contributed by atoms with Crippen LogP contribution in [0.25, 0.3) is 0 Å². The number of aromatic nitrogens is 2. The Labute approximate surface area is 241 Å². The Bertz CT molecular complexity index is 1470. The first-order chi connectivity index (χ1) is 19.4. The molecular weight excluding hydrogens is 555 g/mol. The maximum Gasteiger partial charge on any atom is 0.417 e. The lowest BCUT2D eigenvalue weighted by Crippen LogP contribution is -2.46. The molecule has 11 heteroatoms. The summed E-state index contributed by atoms with van der Waals surface area (Å²) in [6.45, 7) is 5.37. The number of anilines is 1. The third-order valence-corrected chi connectivity index (χ3v) is 8.34. The van der Waals surface area contributed by atoms with Gasteiger partial charge in [0.05, 0.1) is 22.2 Å². The fourth-order valence-electron chi connectivity index (χ4n) is 5.76. The molecule has 1 N–H and O–H groups in total. The Morgan fingerprint density at radius 2 is 1.78 bits per heavy atom. The predicted molar refractivity (Wildman–Crippen MR) is 150 cm³/mol. The summed E-state index contributed by atoms with van der Waals surface area (Å²) in [5, 5.41) is 2.20. The Morgan fingerprint density at radius 3 is 2.46 bits per heavy atom. The van der Waals surface area contributed by atoms with Crippen molar-refractivity contribution in [1.82, 2.24) is 20.2 Å². The maximum absolute atomic E-state index is 13.5. The van der Waals surface area contributed by atoms with Crippen molar-refractivity contribution in [2.45, 2.75) is 57.8 Å². The van der Waals surface area contributed by atoms with Crippen LogP contribution in [0, 0.1) is 13.8 Å². The summed E-state index contributed by atoms with van der Waals surface area (Å²) in [6.07, 6.45) is -1.82. The number of amides is 2. The number of alkyl halides is 3. The summed E-state index contributed by atoms with van der Waals surface area (Å²) >= 11 is 5.97. The van der Waals surface area contributed by atoms with Crippen LogP contribution < -0.4 is 10.2 Å². The van der Waals surface area contributed by atoms with Crippen molar-refractivity contribution in [3.8, 4) is 0 Å². The number of aryl methyl sites for hydroxylation is 3. The van der Waals surface area contributed by atoms with Gasteiger partial charge in [0.1, 0.15) is 11.6 Å². The van der Waals surface area contributed by atoms with Gasteiger partial charge in [0, 0.05) is 43.5 Å². The van der Waals surface area contributed by atoms with E-state index >= 15 is 0 Å². The molecule has 7 nitrogen and oxygen atoms in total. The highest BCUT2D eigenvalue weighted by Crippen LogP contribution is 2.37. The largest absolute Gasteiger partial charge is 0.417 e. The normalized spacial score (nSPS) is 17.3. The molecule has 5 rings (SSSR count). The van der Waals surface area contributed by atoms with Crippen molar-refractivity contribution in [3.05, 3.63) is 86.8 Å². The van der Waals surface area contributed by atoms with Crippen LogP contribution in [0.4, 0.5) is 19.0 Å². The number of piperidine rings is 1. The smallest absolute Gasteiger partial charge is 0.356 e. The number of benzene rings is 2. The molecule has 0 radical (unpaired) electrons. The second-order valence-corrected chi connectivity index (χ2v) is 11.1. The monoisotopic (exact) mass is 585 g/mol. The molecule has 2 aromatic carbocycles. The van der Waals surface area contributed by atoms with E-state index in [4.69, 9.17) is 11.6 Å². The lowest BCUT2D eigenvalue weighted by atomic mass is 10.00. The fraction of sp³-hybridized carbons (Fsp3) is 0.400. The molecule has 216 valence electrons. The van der Waals surface area contributed by atoms with Crippen LogP contribution in [-0.4, -0.2) is 52.9 Å². The Balaban J connectivity index is 1.26. The first-order valence-corrected chi connectivity index (χ1v) is 13.9. The Hall–Kier alpha value is -3.66. The third-order valence-electron chi connectivity index (χ3n) is 7.93. The zero-order valence-corrected chi connectivity index (χ0v) is 23.8. The second kappa shape index (κ2) is 11.3. The Kier molecular flexibility index (Phi) is 7.96. The molecule has 2 heterocycles. The van der Waals surface area contributed by atoms with Gasteiger partial charge in [0.15, 0.2) is 0 Å². The van der Waals surface area contributed by atoms with Gasteiger partial charge in [-0.1, -0.05) is 23.7 Å². The summed E-state index contributed by atoms with van der Waals surface area (Å²) in [4.78, 5) is 39.4. The number of carbonyl (C=O) groups is 2. The molecule has 0 unspecified atom stereocenters. The number of carbonyl (C=O) groups excluding carboxylic acids is 2. The van der Waals surface area contributed by atoms with Gasteiger partial charge in [-0.05, 0) is 74.9 Å². The van der Waals surface area contributed by atoms with E-state index in [-0.39, 0.29) is 17.5 Å². The minimum atomic E-state index is -4.67. The van der Waals surface area contributed by atoms with Crippen molar-refractivity contribution >= 4 is 29.2 Å². The van der Waals surface area contributed by atoms with E-state index < -0.39 is 28.7 Å². The fourth-order valence-corrected chi connectivity index (χ4v) is 6.08. The zero-order chi connectivity index (χ0) is 29.5. The number of hydrogen-bond donors (Lipinski definition) is 1.